The first-order chi connectivity index (χ1) is 9.12. The molecule has 0 aromatic carbocycles. The van der Waals surface area contributed by atoms with Gasteiger partial charge in [0.15, 0.2) is 0 Å². The monoisotopic (exact) mass is 262 g/mol. The molecule has 0 unspecified atom stereocenters. The fourth-order valence-electron chi connectivity index (χ4n) is 1.70. The minimum atomic E-state index is 0.197. The van der Waals surface area contributed by atoms with Crippen LogP contribution < -0.4 is 16.0 Å². The molecule has 0 aliphatic carbocycles. The van der Waals surface area contributed by atoms with E-state index in [1.165, 1.54) is 0 Å². The average Bonchev–Trinajstić information content (AvgIpc) is 2.75. The van der Waals surface area contributed by atoms with Gasteiger partial charge >= 0.3 is 0 Å². The van der Waals surface area contributed by atoms with Gasteiger partial charge in [0.2, 0.25) is 17.8 Å². The number of aromatic nitrogens is 5. The molecule has 0 amide bonds. The summed E-state index contributed by atoms with van der Waals surface area (Å²) in [5.74, 6) is 1.19. The maximum absolute atomic E-state index is 5.72. The molecular formula is C11H18N8. The highest BCUT2D eigenvalue weighted by atomic mass is 15.3. The first-order valence-corrected chi connectivity index (χ1v) is 6.14. The van der Waals surface area contributed by atoms with Crippen molar-refractivity contribution >= 4 is 23.5 Å². The van der Waals surface area contributed by atoms with Crippen LogP contribution in [-0.2, 0) is 7.05 Å². The second kappa shape index (κ2) is 5.51. The highest BCUT2D eigenvalue weighted by Gasteiger charge is 2.10. The van der Waals surface area contributed by atoms with Gasteiger partial charge in [-0.25, -0.2) is 0 Å². The number of nitrogens with one attached hydrogen (secondary N) is 1. The van der Waals surface area contributed by atoms with E-state index in [4.69, 9.17) is 5.73 Å². The van der Waals surface area contributed by atoms with Gasteiger partial charge in [-0.15, -0.1) is 0 Å². The van der Waals surface area contributed by atoms with Crippen LogP contribution in [-0.4, -0.2) is 37.8 Å². The van der Waals surface area contributed by atoms with E-state index < -0.39 is 0 Å². The van der Waals surface area contributed by atoms with E-state index >= 15 is 0 Å². The predicted octanol–water partition coefficient (Wildman–Crippen LogP) is 0.777. The Hall–Kier alpha value is -2.38. The van der Waals surface area contributed by atoms with Gasteiger partial charge in [-0.1, -0.05) is 0 Å². The molecule has 0 aliphatic rings. The van der Waals surface area contributed by atoms with E-state index in [0.29, 0.717) is 11.9 Å². The Balaban J connectivity index is 2.25. The van der Waals surface area contributed by atoms with Crippen molar-refractivity contribution in [1.29, 1.82) is 0 Å². The number of nitrogens with zero attached hydrogens (tertiary/aromatic N) is 6. The molecule has 2 aromatic rings. The largest absolute Gasteiger partial charge is 0.368 e. The third-order valence-electron chi connectivity index (χ3n) is 2.65. The highest BCUT2D eigenvalue weighted by molar-refractivity contribution is 5.53. The van der Waals surface area contributed by atoms with E-state index in [9.17, 15) is 0 Å². The lowest BCUT2D eigenvalue weighted by Crippen LogP contribution is -2.25. The minimum absolute atomic E-state index is 0.197. The molecule has 0 saturated carbocycles. The molecule has 0 bridgehead atoms. The van der Waals surface area contributed by atoms with Crippen LogP contribution in [0.15, 0.2) is 12.4 Å². The van der Waals surface area contributed by atoms with Gasteiger partial charge in [-0.05, 0) is 13.8 Å². The summed E-state index contributed by atoms with van der Waals surface area (Å²) < 4.78 is 1.69. The molecule has 0 radical (unpaired) electrons. The fourth-order valence-corrected chi connectivity index (χ4v) is 1.70. The zero-order chi connectivity index (χ0) is 13.8. The normalized spacial score (nSPS) is 10.5. The molecule has 0 atom stereocenters. The topological polar surface area (TPSA) is 97.8 Å². The number of hydrogen-bond acceptors (Lipinski definition) is 7. The lowest BCUT2D eigenvalue weighted by atomic mass is 10.5. The first-order valence-electron chi connectivity index (χ1n) is 6.14. The number of anilines is 4. The summed E-state index contributed by atoms with van der Waals surface area (Å²) in [7, 11) is 1.84. The van der Waals surface area contributed by atoms with Crippen molar-refractivity contribution in [3.8, 4) is 0 Å². The van der Waals surface area contributed by atoms with Crippen LogP contribution in [0.3, 0.4) is 0 Å². The summed E-state index contributed by atoms with van der Waals surface area (Å²) in [6, 6.07) is 0. The van der Waals surface area contributed by atoms with E-state index in [2.05, 4.69) is 25.4 Å². The number of nitrogens with two attached hydrogens (primary N) is 1. The molecule has 2 rings (SSSR count). The van der Waals surface area contributed by atoms with Gasteiger partial charge in [0.1, 0.15) is 0 Å². The van der Waals surface area contributed by atoms with Gasteiger partial charge in [0, 0.05) is 26.3 Å². The summed E-state index contributed by atoms with van der Waals surface area (Å²) in [5, 5.41) is 7.12. The van der Waals surface area contributed by atoms with Crippen molar-refractivity contribution in [2.45, 2.75) is 13.8 Å². The number of rotatable bonds is 5. The van der Waals surface area contributed by atoms with Crippen molar-refractivity contribution < 1.29 is 0 Å². The Kier molecular flexibility index (Phi) is 3.79. The Morgan fingerprint density at radius 1 is 1.26 bits per heavy atom. The third-order valence-corrected chi connectivity index (χ3v) is 2.65. The van der Waals surface area contributed by atoms with Crippen LogP contribution in [0.25, 0.3) is 0 Å². The summed E-state index contributed by atoms with van der Waals surface area (Å²) in [6.45, 7) is 5.70. The Bertz CT molecular complexity index is 545. The van der Waals surface area contributed by atoms with Gasteiger partial charge in [0.25, 0.3) is 0 Å². The second-order valence-corrected chi connectivity index (χ2v) is 4.02. The fraction of sp³-hybridized carbons (Fsp3) is 0.455. The highest BCUT2D eigenvalue weighted by Crippen LogP contribution is 2.15. The Morgan fingerprint density at radius 3 is 2.58 bits per heavy atom. The molecule has 0 saturated heterocycles. The summed E-state index contributed by atoms with van der Waals surface area (Å²) in [4.78, 5) is 14.6. The molecule has 0 spiro atoms. The van der Waals surface area contributed by atoms with Crippen LogP contribution in [0.2, 0.25) is 0 Å². The SMILES string of the molecule is CCN(CC)c1nc(N)nc(Nc2cnn(C)c2)n1. The van der Waals surface area contributed by atoms with E-state index in [-0.39, 0.29) is 5.95 Å². The van der Waals surface area contributed by atoms with Crippen molar-refractivity contribution in [1.82, 2.24) is 24.7 Å². The zero-order valence-electron chi connectivity index (χ0n) is 11.3. The summed E-state index contributed by atoms with van der Waals surface area (Å²) in [6.07, 6.45) is 3.52. The summed E-state index contributed by atoms with van der Waals surface area (Å²) >= 11 is 0. The van der Waals surface area contributed by atoms with Crippen molar-refractivity contribution in [2.75, 3.05) is 29.0 Å². The van der Waals surface area contributed by atoms with Crippen LogP contribution in [0, 0.1) is 0 Å². The zero-order valence-corrected chi connectivity index (χ0v) is 11.3. The maximum Gasteiger partial charge on any atom is 0.233 e. The standard InChI is InChI=1S/C11H18N8/c1-4-19(5-2)11-16-9(12)15-10(17-11)14-8-6-13-18(3)7-8/h6-7H,4-5H2,1-3H3,(H3,12,14,15,16,17). The van der Waals surface area contributed by atoms with Crippen LogP contribution in [0.4, 0.5) is 23.5 Å². The number of aryl methyl sites for hydroxylation is 1. The first kappa shape index (κ1) is 13.1. The maximum atomic E-state index is 5.72. The Morgan fingerprint density at radius 2 is 2.00 bits per heavy atom. The summed E-state index contributed by atoms with van der Waals surface area (Å²) in [5.41, 5.74) is 6.52. The van der Waals surface area contributed by atoms with Gasteiger partial charge in [-0.2, -0.15) is 20.1 Å². The lowest BCUT2D eigenvalue weighted by Gasteiger charge is -2.18. The number of hydrogen-bond donors (Lipinski definition) is 2. The molecule has 8 nitrogen and oxygen atoms in total. The molecule has 8 heteroatoms. The molecule has 0 fully saturated rings. The van der Waals surface area contributed by atoms with Crippen LogP contribution in [0.1, 0.15) is 13.8 Å². The molecule has 102 valence electrons. The molecular weight excluding hydrogens is 244 g/mol. The van der Waals surface area contributed by atoms with Gasteiger partial charge < -0.3 is 16.0 Å². The molecule has 0 aliphatic heterocycles. The third kappa shape index (κ3) is 3.09. The quantitative estimate of drug-likeness (QED) is 0.821. The molecule has 2 heterocycles. The molecule has 3 N–H and O–H groups in total. The Labute approximate surface area is 111 Å². The molecule has 19 heavy (non-hydrogen) atoms. The van der Waals surface area contributed by atoms with E-state index in [1.807, 2.05) is 32.0 Å². The van der Waals surface area contributed by atoms with Crippen molar-refractivity contribution in [2.24, 2.45) is 7.05 Å². The lowest BCUT2D eigenvalue weighted by molar-refractivity contribution is 0.768. The van der Waals surface area contributed by atoms with Crippen LogP contribution in [0.5, 0.6) is 0 Å². The van der Waals surface area contributed by atoms with Gasteiger partial charge in [0.05, 0.1) is 11.9 Å². The van der Waals surface area contributed by atoms with E-state index in [1.54, 1.807) is 10.9 Å². The second-order valence-electron chi connectivity index (χ2n) is 4.02. The average molecular weight is 262 g/mol. The number of nitrogen functional groups attached to an aromatic ring is 1. The van der Waals surface area contributed by atoms with E-state index in [0.717, 1.165) is 18.8 Å². The smallest absolute Gasteiger partial charge is 0.233 e. The van der Waals surface area contributed by atoms with Crippen molar-refractivity contribution in [3.63, 3.8) is 0 Å². The predicted molar refractivity (Wildman–Crippen MR) is 74.3 cm³/mol. The van der Waals surface area contributed by atoms with Crippen molar-refractivity contribution in [3.05, 3.63) is 12.4 Å². The minimum Gasteiger partial charge on any atom is -0.368 e. The van der Waals surface area contributed by atoms with Crippen LogP contribution >= 0.6 is 0 Å². The van der Waals surface area contributed by atoms with Gasteiger partial charge in [-0.3, -0.25) is 4.68 Å². The molecule has 2 aromatic heterocycles.